The second-order valence-corrected chi connectivity index (χ2v) is 5.73. The van der Waals surface area contributed by atoms with E-state index in [-0.39, 0.29) is 0 Å². The summed E-state index contributed by atoms with van der Waals surface area (Å²) in [4.78, 5) is 0. The first kappa shape index (κ1) is 14.7. The van der Waals surface area contributed by atoms with Gasteiger partial charge in [-0.3, -0.25) is 0 Å². The van der Waals surface area contributed by atoms with Crippen LogP contribution in [-0.2, 0) is 0 Å². The molecule has 17 heavy (non-hydrogen) atoms. The Bertz CT molecular complexity index is 340. The molecule has 0 unspecified atom stereocenters. The quantitative estimate of drug-likeness (QED) is 0.596. The summed E-state index contributed by atoms with van der Waals surface area (Å²) >= 11 is 8.92. The van der Waals surface area contributed by atoms with Crippen LogP contribution in [0, 0.1) is 6.92 Å². The maximum Gasteiger partial charge on any atom is 0.0747 e. The Labute approximate surface area is 115 Å². The molecule has 1 fully saturated rings. The normalized spacial score (nSPS) is 15.9. The lowest BCUT2D eigenvalue weighted by Crippen LogP contribution is -2.22. The number of hydrogen-bond donors (Lipinski definition) is 2. The van der Waals surface area contributed by atoms with Crippen LogP contribution in [0.1, 0.15) is 43.2 Å². The van der Waals surface area contributed by atoms with E-state index in [0.717, 1.165) is 5.56 Å². The molecular weight excluding hydrogens is 246 g/mol. The average molecular weight is 267 g/mol. The molecule has 0 heterocycles. The summed E-state index contributed by atoms with van der Waals surface area (Å²) in [6.07, 6.45) is 6.66. The largest absolute Gasteiger partial charge is 0.328 e. The van der Waals surface area contributed by atoms with Gasteiger partial charge >= 0.3 is 0 Å². The van der Waals surface area contributed by atoms with Crippen LogP contribution >= 0.6 is 24.8 Å². The highest BCUT2D eigenvalue weighted by molar-refractivity contribution is 8.11. The molecule has 1 aliphatic rings. The summed E-state index contributed by atoms with van der Waals surface area (Å²) in [5.41, 5.74) is 7.90. The highest BCUT2D eigenvalue weighted by atomic mass is 32.1. The highest BCUT2D eigenvalue weighted by Gasteiger charge is 2.06. The van der Waals surface area contributed by atoms with Crippen molar-refractivity contribution in [3.05, 3.63) is 35.4 Å². The molecule has 1 nitrogen and oxygen atoms in total. The second kappa shape index (κ2) is 7.85. The van der Waals surface area contributed by atoms with Crippen LogP contribution in [0.4, 0.5) is 0 Å². The van der Waals surface area contributed by atoms with E-state index in [1.165, 1.54) is 37.7 Å². The summed E-state index contributed by atoms with van der Waals surface area (Å²) < 4.78 is 0.653. The minimum Gasteiger partial charge on any atom is -0.328 e. The number of thiocarbonyl (C=S) groups is 1. The first-order valence-corrected chi connectivity index (χ1v) is 7.00. The van der Waals surface area contributed by atoms with E-state index in [2.05, 4.69) is 12.6 Å². The molecule has 0 radical (unpaired) electrons. The molecule has 0 amide bonds. The van der Waals surface area contributed by atoms with Crippen LogP contribution in [0.5, 0.6) is 0 Å². The fourth-order valence-corrected chi connectivity index (χ4v) is 2.12. The molecule has 1 aromatic rings. The van der Waals surface area contributed by atoms with Crippen molar-refractivity contribution in [2.45, 2.75) is 45.1 Å². The zero-order valence-electron chi connectivity index (χ0n) is 10.4. The van der Waals surface area contributed by atoms with Crippen LogP contribution in [0.3, 0.4) is 0 Å². The van der Waals surface area contributed by atoms with Gasteiger partial charge in [0.25, 0.3) is 0 Å². The molecule has 2 N–H and O–H groups in total. The van der Waals surface area contributed by atoms with E-state index in [4.69, 9.17) is 18.0 Å². The third-order valence-corrected chi connectivity index (χ3v) is 3.44. The number of benzene rings is 1. The molecule has 0 atom stereocenters. The fourth-order valence-electron chi connectivity index (χ4n) is 1.83. The van der Waals surface area contributed by atoms with Crippen LogP contribution in [-0.4, -0.2) is 10.2 Å². The van der Waals surface area contributed by atoms with Crippen LogP contribution in [0.25, 0.3) is 0 Å². The lowest BCUT2D eigenvalue weighted by atomic mass is 9.97. The van der Waals surface area contributed by atoms with Gasteiger partial charge in [0.1, 0.15) is 0 Å². The van der Waals surface area contributed by atoms with E-state index in [0.29, 0.717) is 10.2 Å². The van der Waals surface area contributed by atoms with Gasteiger partial charge in [0.2, 0.25) is 0 Å². The summed E-state index contributed by atoms with van der Waals surface area (Å²) in [6, 6.07) is 8.54. The molecule has 0 saturated heterocycles. The van der Waals surface area contributed by atoms with E-state index >= 15 is 0 Å². The average Bonchev–Trinajstić information content (AvgIpc) is 2.31. The summed E-state index contributed by atoms with van der Waals surface area (Å²) in [6.45, 7) is 2.05. The second-order valence-electron chi connectivity index (χ2n) is 4.57. The topological polar surface area (TPSA) is 26.0 Å². The fraction of sp³-hybridized carbons (Fsp3) is 0.500. The lowest BCUT2D eigenvalue weighted by Gasteiger charge is -2.15. The van der Waals surface area contributed by atoms with Gasteiger partial charge in [0, 0.05) is 6.04 Å². The van der Waals surface area contributed by atoms with Crippen molar-refractivity contribution in [2.24, 2.45) is 5.73 Å². The molecule has 94 valence electrons. The van der Waals surface area contributed by atoms with Gasteiger partial charge in [0.05, 0.1) is 4.20 Å². The molecule has 1 aromatic carbocycles. The van der Waals surface area contributed by atoms with Crippen molar-refractivity contribution in [1.82, 2.24) is 0 Å². The summed E-state index contributed by atoms with van der Waals surface area (Å²) in [5.74, 6) is 0. The van der Waals surface area contributed by atoms with Crippen molar-refractivity contribution < 1.29 is 0 Å². The van der Waals surface area contributed by atoms with Crippen molar-refractivity contribution in [2.75, 3.05) is 0 Å². The zero-order valence-corrected chi connectivity index (χ0v) is 12.1. The third-order valence-electron chi connectivity index (χ3n) is 2.95. The van der Waals surface area contributed by atoms with Crippen LogP contribution < -0.4 is 5.73 Å². The Balaban J connectivity index is 0.000000181. The van der Waals surface area contributed by atoms with E-state index in [1.54, 1.807) is 0 Å². The molecule has 3 heteroatoms. The number of nitrogens with two attached hydrogens (primary N) is 1. The Morgan fingerprint density at radius 3 is 2.06 bits per heavy atom. The minimum absolute atomic E-state index is 0.536. The zero-order chi connectivity index (χ0) is 12.7. The maximum absolute atomic E-state index is 5.63. The molecule has 0 aliphatic heterocycles. The number of rotatable bonds is 1. The predicted molar refractivity (Wildman–Crippen MR) is 82.9 cm³/mol. The smallest absolute Gasteiger partial charge is 0.0747 e. The van der Waals surface area contributed by atoms with Crippen molar-refractivity contribution in [3.8, 4) is 0 Å². The van der Waals surface area contributed by atoms with Gasteiger partial charge in [-0.2, -0.15) is 0 Å². The summed E-state index contributed by atoms with van der Waals surface area (Å²) in [5, 5.41) is 0. The Morgan fingerprint density at radius 2 is 1.71 bits per heavy atom. The first-order valence-electron chi connectivity index (χ1n) is 6.15. The van der Waals surface area contributed by atoms with Gasteiger partial charge in [-0.1, -0.05) is 61.3 Å². The van der Waals surface area contributed by atoms with Gasteiger partial charge in [-0.15, -0.1) is 12.6 Å². The van der Waals surface area contributed by atoms with Crippen molar-refractivity contribution in [3.63, 3.8) is 0 Å². The molecular formula is C14H21NS2. The molecule has 0 spiro atoms. The van der Waals surface area contributed by atoms with Gasteiger partial charge < -0.3 is 5.73 Å². The molecule has 2 rings (SSSR count). The number of hydrogen-bond acceptors (Lipinski definition) is 2. The highest BCUT2D eigenvalue weighted by Crippen LogP contribution is 2.14. The third kappa shape index (κ3) is 6.20. The SMILES string of the molecule is Cc1ccc(C(=S)S)cc1.NC1CCCCC1. The van der Waals surface area contributed by atoms with Crippen molar-refractivity contribution in [1.29, 1.82) is 0 Å². The molecule has 1 saturated carbocycles. The van der Waals surface area contributed by atoms with E-state index in [9.17, 15) is 0 Å². The minimum atomic E-state index is 0.536. The number of aryl methyl sites for hydroxylation is 1. The lowest BCUT2D eigenvalue weighted by molar-refractivity contribution is 0.441. The Morgan fingerprint density at radius 1 is 1.18 bits per heavy atom. The van der Waals surface area contributed by atoms with Gasteiger partial charge in [0.15, 0.2) is 0 Å². The first-order chi connectivity index (χ1) is 8.09. The standard InChI is InChI=1S/C8H8S2.C6H13N/c1-6-2-4-7(5-3-6)8(9)10;7-6-4-2-1-3-5-6/h2-5H,1H3,(H,9,10);6H,1-5,7H2. The van der Waals surface area contributed by atoms with Gasteiger partial charge in [-0.05, 0) is 25.3 Å². The maximum atomic E-state index is 5.63. The monoisotopic (exact) mass is 267 g/mol. The molecule has 1 aliphatic carbocycles. The van der Waals surface area contributed by atoms with Crippen LogP contribution in [0.2, 0.25) is 0 Å². The predicted octanol–water partition coefficient (Wildman–Crippen LogP) is 3.88. The van der Waals surface area contributed by atoms with Crippen LogP contribution in [0.15, 0.2) is 24.3 Å². The molecule has 0 bridgehead atoms. The molecule has 0 aromatic heterocycles. The Kier molecular flexibility index (Phi) is 6.78. The van der Waals surface area contributed by atoms with E-state index < -0.39 is 0 Å². The summed E-state index contributed by atoms with van der Waals surface area (Å²) in [7, 11) is 0. The van der Waals surface area contributed by atoms with Gasteiger partial charge in [-0.25, -0.2) is 0 Å². The number of thiol groups is 1. The van der Waals surface area contributed by atoms with E-state index in [1.807, 2.05) is 31.2 Å². The Hall–Kier alpha value is -0.380. The van der Waals surface area contributed by atoms with Crippen molar-refractivity contribution >= 4 is 29.0 Å².